The van der Waals surface area contributed by atoms with Gasteiger partial charge in [0.05, 0.1) is 12.1 Å². The fourth-order valence-corrected chi connectivity index (χ4v) is 3.22. The first-order chi connectivity index (χ1) is 13.2. The van der Waals surface area contributed by atoms with E-state index < -0.39 is 11.6 Å². The third-order valence-corrected chi connectivity index (χ3v) is 4.64. The summed E-state index contributed by atoms with van der Waals surface area (Å²) in [6.07, 6.45) is 5.54. The summed E-state index contributed by atoms with van der Waals surface area (Å²) in [6.45, 7) is 8.94. The van der Waals surface area contributed by atoms with E-state index in [-0.39, 0.29) is 30.0 Å². The summed E-state index contributed by atoms with van der Waals surface area (Å²) in [4.78, 5) is 23.9. The summed E-state index contributed by atoms with van der Waals surface area (Å²) in [5.41, 5.74) is 0.688. The van der Waals surface area contributed by atoms with Crippen molar-refractivity contribution < 1.29 is 28.7 Å². The second kappa shape index (κ2) is 10.0. The van der Waals surface area contributed by atoms with Gasteiger partial charge in [-0.1, -0.05) is 18.5 Å². The monoisotopic (exact) mass is 395 g/mol. The molecular formula is C21H33NO6. The van der Waals surface area contributed by atoms with Crippen molar-refractivity contribution in [2.45, 2.75) is 90.1 Å². The highest BCUT2D eigenvalue weighted by atomic mass is 16.6. The summed E-state index contributed by atoms with van der Waals surface area (Å²) in [7, 11) is 0. The molecule has 158 valence electrons. The minimum absolute atomic E-state index is 0.0918. The molecule has 1 aliphatic carbocycles. The van der Waals surface area contributed by atoms with E-state index in [4.69, 9.17) is 14.0 Å². The number of rotatable bonds is 12. The second-order valence-corrected chi connectivity index (χ2v) is 8.49. The van der Waals surface area contributed by atoms with Crippen LogP contribution in [0.2, 0.25) is 0 Å². The lowest BCUT2D eigenvalue weighted by Gasteiger charge is -2.22. The molecule has 0 radical (unpaired) electrons. The standard InChI is InChI=1S/C21H33NO6/c1-5-6-11-26-12-7-8-15(13-16(23)27-21(2,3)4)18-17(14-9-10-14)19(20(24)25)28-22-18/h14-15H,5-13H2,1-4H3,(H,24,25)/t15-/m0/s1. The van der Waals surface area contributed by atoms with E-state index in [0.717, 1.165) is 38.7 Å². The van der Waals surface area contributed by atoms with Crippen molar-refractivity contribution in [2.75, 3.05) is 13.2 Å². The van der Waals surface area contributed by atoms with Gasteiger partial charge in [0.15, 0.2) is 0 Å². The van der Waals surface area contributed by atoms with Crippen molar-refractivity contribution >= 4 is 11.9 Å². The van der Waals surface area contributed by atoms with Crippen LogP contribution in [0.4, 0.5) is 0 Å². The van der Waals surface area contributed by atoms with Gasteiger partial charge in [-0.3, -0.25) is 4.79 Å². The Morgan fingerprint density at radius 3 is 2.50 bits per heavy atom. The zero-order chi connectivity index (χ0) is 20.7. The molecule has 1 saturated carbocycles. The zero-order valence-corrected chi connectivity index (χ0v) is 17.5. The molecule has 1 fully saturated rings. The van der Waals surface area contributed by atoms with Crippen LogP contribution >= 0.6 is 0 Å². The van der Waals surface area contributed by atoms with Gasteiger partial charge in [0.2, 0.25) is 5.76 Å². The lowest BCUT2D eigenvalue weighted by Crippen LogP contribution is -2.25. The molecule has 0 unspecified atom stereocenters. The average Bonchev–Trinajstić information content (AvgIpc) is 3.33. The van der Waals surface area contributed by atoms with Crippen LogP contribution in [0.15, 0.2) is 4.52 Å². The van der Waals surface area contributed by atoms with Gasteiger partial charge in [0, 0.05) is 24.7 Å². The minimum Gasteiger partial charge on any atom is -0.475 e. The van der Waals surface area contributed by atoms with Crippen molar-refractivity contribution in [3.63, 3.8) is 0 Å². The first-order valence-electron chi connectivity index (χ1n) is 10.2. The normalized spacial score (nSPS) is 15.4. The van der Waals surface area contributed by atoms with Crippen LogP contribution in [0.25, 0.3) is 0 Å². The number of carboxylic acid groups (broad SMARTS) is 1. The summed E-state index contributed by atoms with van der Waals surface area (Å²) < 4.78 is 16.2. The van der Waals surface area contributed by atoms with E-state index in [0.29, 0.717) is 24.3 Å². The van der Waals surface area contributed by atoms with Crippen molar-refractivity contribution in [3.8, 4) is 0 Å². The number of nitrogens with zero attached hydrogens (tertiary/aromatic N) is 1. The second-order valence-electron chi connectivity index (χ2n) is 8.49. The molecule has 0 saturated heterocycles. The van der Waals surface area contributed by atoms with Gasteiger partial charge < -0.3 is 19.1 Å². The summed E-state index contributed by atoms with van der Waals surface area (Å²) in [5.74, 6) is -1.59. The van der Waals surface area contributed by atoms with Gasteiger partial charge in [-0.25, -0.2) is 4.79 Å². The molecule has 0 bridgehead atoms. The minimum atomic E-state index is -1.11. The molecule has 1 atom stereocenters. The fourth-order valence-electron chi connectivity index (χ4n) is 3.22. The number of aromatic nitrogens is 1. The van der Waals surface area contributed by atoms with Gasteiger partial charge in [0.25, 0.3) is 0 Å². The van der Waals surface area contributed by atoms with Crippen molar-refractivity contribution in [1.29, 1.82) is 0 Å². The molecule has 1 N–H and O–H groups in total. The smallest absolute Gasteiger partial charge is 0.375 e. The Morgan fingerprint density at radius 1 is 1.25 bits per heavy atom. The van der Waals surface area contributed by atoms with Crippen LogP contribution in [0.3, 0.4) is 0 Å². The maximum atomic E-state index is 12.4. The molecule has 0 spiro atoms. The van der Waals surface area contributed by atoms with Crippen LogP contribution < -0.4 is 0 Å². The van der Waals surface area contributed by atoms with Crippen LogP contribution in [0.5, 0.6) is 0 Å². The van der Waals surface area contributed by atoms with E-state index in [1.165, 1.54) is 0 Å². The SMILES string of the molecule is CCCCOCCC[C@@H](CC(=O)OC(C)(C)C)c1noc(C(=O)O)c1C1CC1. The van der Waals surface area contributed by atoms with Crippen molar-refractivity contribution in [3.05, 3.63) is 17.0 Å². The van der Waals surface area contributed by atoms with Gasteiger partial charge in [-0.2, -0.15) is 0 Å². The summed E-state index contributed by atoms with van der Waals surface area (Å²) >= 11 is 0. The Bertz CT molecular complexity index is 656. The van der Waals surface area contributed by atoms with E-state index in [1.54, 1.807) is 0 Å². The number of ether oxygens (including phenoxy) is 2. The van der Waals surface area contributed by atoms with Crippen molar-refractivity contribution in [2.24, 2.45) is 0 Å². The molecular weight excluding hydrogens is 362 g/mol. The summed E-state index contributed by atoms with van der Waals surface area (Å²) in [5, 5.41) is 13.5. The highest BCUT2D eigenvalue weighted by Gasteiger charge is 2.38. The molecule has 0 aromatic carbocycles. The van der Waals surface area contributed by atoms with Gasteiger partial charge >= 0.3 is 11.9 Å². The predicted molar refractivity (Wildman–Crippen MR) is 104 cm³/mol. The van der Waals surface area contributed by atoms with E-state index >= 15 is 0 Å². The molecule has 1 aromatic rings. The fraction of sp³-hybridized carbons (Fsp3) is 0.762. The molecule has 2 rings (SSSR count). The Balaban J connectivity index is 2.11. The lowest BCUT2D eigenvalue weighted by molar-refractivity contribution is -0.155. The third kappa shape index (κ3) is 6.93. The van der Waals surface area contributed by atoms with Crippen LogP contribution in [0.1, 0.15) is 106 Å². The number of carbonyl (C=O) groups excluding carboxylic acids is 1. The van der Waals surface area contributed by atoms with Gasteiger partial charge in [-0.15, -0.1) is 0 Å². The number of hydrogen-bond donors (Lipinski definition) is 1. The number of carbonyl (C=O) groups is 2. The largest absolute Gasteiger partial charge is 0.475 e. The highest BCUT2D eigenvalue weighted by molar-refractivity contribution is 5.87. The third-order valence-electron chi connectivity index (χ3n) is 4.64. The Hall–Kier alpha value is -1.89. The molecule has 0 amide bonds. The maximum absolute atomic E-state index is 12.4. The van der Waals surface area contributed by atoms with Gasteiger partial charge in [-0.05, 0) is 58.8 Å². The van der Waals surface area contributed by atoms with E-state index in [2.05, 4.69) is 12.1 Å². The number of esters is 1. The molecule has 1 heterocycles. The average molecular weight is 395 g/mol. The number of carboxylic acids is 1. The topological polar surface area (TPSA) is 98.9 Å². The summed E-state index contributed by atoms with van der Waals surface area (Å²) in [6, 6.07) is 0. The molecule has 28 heavy (non-hydrogen) atoms. The molecule has 7 heteroatoms. The zero-order valence-electron chi connectivity index (χ0n) is 17.5. The molecule has 0 aliphatic heterocycles. The number of aromatic carboxylic acids is 1. The lowest BCUT2D eigenvalue weighted by atomic mass is 9.91. The van der Waals surface area contributed by atoms with E-state index in [9.17, 15) is 14.7 Å². The Morgan fingerprint density at radius 2 is 1.93 bits per heavy atom. The van der Waals surface area contributed by atoms with Crippen LogP contribution in [-0.4, -0.2) is 41.0 Å². The molecule has 1 aliphatic rings. The number of hydrogen-bond acceptors (Lipinski definition) is 6. The predicted octanol–water partition coefficient (Wildman–Crippen LogP) is 4.66. The van der Waals surface area contributed by atoms with Crippen LogP contribution in [-0.2, 0) is 14.3 Å². The Kier molecular flexibility index (Phi) is 8.04. The first kappa shape index (κ1) is 22.4. The van der Waals surface area contributed by atoms with Crippen molar-refractivity contribution in [1.82, 2.24) is 5.16 Å². The molecule has 7 nitrogen and oxygen atoms in total. The van der Waals surface area contributed by atoms with Gasteiger partial charge in [0.1, 0.15) is 5.60 Å². The highest BCUT2D eigenvalue weighted by Crippen LogP contribution is 2.46. The Labute approximate surface area is 166 Å². The molecule has 1 aromatic heterocycles. The van der Waals surface area contributed by atoms with E-state index in [1.807, 2.05) is 20.8 Å². The number of unbranched alkanes of at least 4 members (excludes halogenated alkanes) is 1. The maximum Gasteiger partial charge on any atom is 0.375 e. The first-order valence-corrected chi connectivity index (χ1v) is 10.2. The van der Waals surface area contributed by atoms with Crippen LogP contribution in [0, 0.1) is 0 Å². The quantitative estimate of drug-likeness (QED) is 0.406.